The van der Waals surface area contributed by atoms with Crippen LogP contribution in [0, 0.1) is 0 Å². The highest BCUT2D eigenvalue weighted by molar-refractivity contribution is 7.89. The topological polar surface area (TPSA) is 128 Å². The van der Waals surface area contributed by atoms with Crippen LogP contribution in [0.4, 0.5) is 5.13 Å². The fourth-order valence-electron chi connectivity index (χ4n) is 1.34. The number of nitrogens with one attached hydrogen (secondary N) is 1. The number of carbonyl (C=O) groups excluding carboxylic acids is 2. The van der Waals surface area contributed by atoms with E-state index < -0.39 is 16.0 Å². The minimum absolute atomic E-state index is 0.0426. The van der Waals surface area contributed by atoms with E-state index in [0.29, 0.717) is 18.1 Å². The molecule has 0 aliphatic rings. The van der Waals surface area contributed by atoms with Crippen molar-refractivity contribution in [2.24, 2.45) is 5.14 Å². The largest absolute Gasteiger partial charge is 0.464 e. The summed E-state index contributed by atoms with van der Waals surface area (Å²) < 4.78 is 26.0. The van der Waals surface area contributed by atoms with Gasteiger partial charge in [0.2, 0.25) is 10.0 Å². The van der Waals surface area contributed by atoms with Crippen molar-refractivity contribution in [1.82, 2.24) is 4.98 Å². The second-order valence-electron chi connectivity index (χ2n) is 3.89. The number of sulfonamides is 1. The van der Waals surface area contributed by atoms with Crippen molar-refractivity contribution >= 4 is 38.2 Å². The Kier molecular flexibility index (Phi) is 5.60. The molecule has 0 aliphatic carbocycles. The number of primary sulfonamides is 1. The molecule has 0 bridgehead atoms. The molecule has 1 rings (SSSR count). The van der Waals surface area contributed by atoms with Crippen molar-refractivity contribution in [2.75, 3.05) is 24.7 Å². The molecule has 1 aromatic rings. The molecule has 0 unspecified atom stereocenters. The summed E-state index contributed by atoms with van der Waals surface area (Å²) in [5.41, 5.74) is -0.0426. The monoisotopic (exact) mass is 321 g/mol. The number of ketones is 1. The number of ether oxygens (including phenoxy) is 1. The Labute approximate surface area is 120 Å². The minimum Gasteiger partial charge on any atom is -0.464 e. The van der Waals surface area contributed by atoms with E-state index in [1.165, 1.54) is 14.0 Å². The van der Waals surface area contributed by atoms with E-state index in [9.17, 15) is 18.0 Å². The van der Waals surface area contributed by atoms with Crippen LogP contribution >= 0.6 is 11.3 Å². The Morgan fingerprint density at radius 2 is 2.10 bits per heavy atom. The number of carbonyl (C=O) groups is 2. The van der Waals surface area contributed by atoms with E-state index in [-0.39, 0.29) is 22.1 Å². The summed E-state index contributed by atoms with van der Waals surface area (Å²) in [6, 6.07) is 0. The van der Waals surface area contributed by atoms with Crippen molar-refractivity contribution in [3.05, 3.63) is 10.6 Å². The van der Waals surface area contributed by atoms with Crippen LogP contribution in [0.2, 0.25) is 0 Å². The van der Waals surface area contributed by atoms with Crippen molar-refractivity contribution in [3.63, 3.8) is 0 Å². The maximum Gasteiger partial charge on any atom is 0.358 e. The van der Waals surface area contributed by atoms with Gasteiger partial charge in [-0.25, -0.2) is 23.3 Å². The van der Waals surface area contributed by atoms with E-state index in [2.05, 4.69) is 15.0 Å². The summed E-state index contributed by atoms with van der Waals surface area (Å²) in [6.07, 6.45) is 0.293. The van der Waals surface area contributed by atoms with Gasteiger partial charge in [-0.3, -0.25) is 4.79 Å². The van der Waals surface area contributed by atoms with Gasteiger partial charge in [0, 0.05) is 13.5 Å². The SMILES string of the molecule is COC(=O)c1nc(NCCCS(N)(=O)=O)sc1C(C)=O. The third-order valence-electron chi connectivity index (χ3n) is 2.21. The Bertz CT molecular complexity index is 608. The molecule has 1 heterocycles. The Balaban J connectivity index is 2.72. The first kappa shape index (κ1) is 16.5. The summed E-state index contributed by atoms with van der Waals surface area (Å²) in [4.78, 5) is 27.0. The zero-order chi connectivity index (χ0) is 15.3. The maximum atomic E-state index is 11.5. The smallest absolute Gasteiger partial charge is 0.358 e. The molecule has 0 saturated carbocycles. The van der Waals surface area contributed by atoms with Crippen molar-refractivity contribution in [3.8, 4) is 0 Å². The second-order valence-corrected chi connectivity index (χ2v) is 6.62. The zero-order valence-electron chi connectivity index (χ0n) is 11.0. The first-order valence-corrected chi connectivity index (χ1v) is 8.12. The summed E-state index contributed by atoms with van der Waals surface area (Å²) in [7, 11) is -2.30. The van der Waals surface area contributed by atoms with Gasteiger partial charge in [-0.05, 0) is 6.42 Å². The number of Topliss-reactive ketones (excluding diaryl/α,β-unsaturated/α-hetero) is 1. The number of thiazole rings is 1. The molecular weight excluding hydrogens is 306 g/mol. The van der Waals surface area contributed by atoms with Gasteiger partial charge in [0.1, 0.15) is 4.88 Å². The van der Waals surface area contributed by atoms with Crippen LogP contribution in [0.1, 0.15) is 33.5 Å². The highest BCUT2D eigenvalue weighted by atomic mass is 32.2. The highest BCUT2D eigenvalue weighted by Gasteiger charge is 2.21. The quantitative estimate of drug-likeness (QED) is 0.417. The lowest BCUT2D eigenvalue weighted by molar-refractivity contribution is 0.0591. The summed E-state index contributed by atoms with van der Waals surface area (Å²) in [6.45, 7) is 1.63. The second kappa shape index (κ2) is 6.77. The molecule has 0 spiro atoms. The third-order valence-corrected chi connectivity index (χ3v) is 4.18. The van der Waals surface area contributed by atoms with Crippen molar-refractivity contribution in [1.29, 1.82) is 0 Å². The number of methoxy groups -OCH3 is 1. The number of aromatic nitrogens is 1. The number of hydrogen-bond acceptors (Lipinski definition) is 8. The molecule has 0 saturated heterocycles. The van der Waals surface area contributed by atoms with E-state index in [4.69, 9.17) is 5.14 Å². The number of nitrogens with zero attached hydrogens (tertiary/aromatic N) is 1. The fourth-order valence-corrected chi connectivity index (χ4v) is 2.76. The first-order valence-electron chi connectivity index (χ1n) is 5.59. The van der Waals surface area contributed by atoms with E-state index >= 15 is 0 Å². The standard InChI is InChI=1S/C10H15N3O5S2/c1-6(14)8-7(9(15)18-2)13-10(19-8)12-4-3-5-20(11,16)17/h3-5H2,1-2H3,(H,12,13)(H2,11,16,17). The van der Waals surface area contributed by atoms with Crippen molar-refractivity contribution < 1.29 is 22.7 Å². The molecule has 3 N–H and O–H groups in total. The summed E-state index contributed by atoms with van der Waals surface area (Å²) in [5, 5.41) is 8.06. The van der Waals surface area contributed by atoms with Crippen LogP contribution in [-0.4, -0.2) is 44.6 Å². The van der Waals surface area contributed by atoms with Crippen LogP contribution in [0.3, 0.4) is 0 Å². The predicted octanol–water partition coefficient (Wildman–Crippen LogP) is 0.223. The normalized spacial score (nSPS) is 11.2. The van der Waals surface area contributed by atoms with Crippen LogP contribution in [0.25, 0.3) is 0 Å². The number of rotatable bonds is 7. The van der Waals surface area contributed by atoms with Gasteiger partial charge in [0.25, 0.3) is 0 Å². The van der Waals surface area contributed by atoms with Gasteiger partial charge < -0.3 is 10.1 Å². The van der Waals surface area contributed by atoms with E-state index in [1.807, 2.05) is 0 Å². The molecule has 0 radical (unpaired) electrons. The third kappa shape index (κ3) is 4.87. The lowest BCUT2D eigenvalue weighted by Gasteiger charge is -2.00. The molecule has 1 aromatic heterocycles. The van der Waals surface area contributed by atoms with Crippen molar-refractivity contribution in [2.45, 2.75) is 13.3 Å². The Hall–Kier alpha value is -1.52. The Morgan fingerprint density at radius 3 is 2.60 bits per heavy atom. The average molecular weight is 321 g/mol. The number of anilines is 1. The lowest BCUT2D eigenvalue weighted by atomic mass is 10.3. The van der Waals surface area contributed by atoms with E-state index in [1.54, 1.807) is 0 Å². The Morgan fingerprint density at radius 1 is 1.45 bits per heavy atom. The van der Waals surface area contributed by atoms with Crippen LogP contribution in [0.5, 0.6) is 0 Å². The molecule has 10 heteroatoms. The summed E-state index contributed by atoms with van der Waals surface area (Å²) >= 11 is 1.02. The molecule has 0 aliphatic heterocycles. The average Bonchev–Trinajstić information content (AvgIpc) is 2.77. The predicted molar refractivity (Wildman–Crippen MR) is 74.5 cm³/mol. The van der Waals surface area contributed by atoms with Gasteiger partial charge in [-0.2, -0.15) is 0 Å². The molecule has 112 valence electrons. The van der Waals surface area contributed by atoms with Gasteiger partial charge >= 0.3 is 5.97 Å². The molecule has 20 heavy (non-hydrogen) atoms. The molecule has 0 atom stereocenters. The van der Waals surface area contributed by atoms with Gasteiger partial charge in [0.15, 0.2) is 16.6 Å². The van der Waals surface area contributed by atoms with Gasteiger partial charge in [0.05, 0.1) is 12.9 Å². The molecular formula is C10H15N3O5S2. The molecule has 0 aromatic carbocycles. The van der Waals surface area contributed by atoms with Crippen LogP contribution in [-0.2, 0) is 14.8 Å². The number of nitrogens with two attached hydrogens (primary N) is 1. The van der Waals surface area contributed by atoms with Crippen LogP contribution < -0.4 is 10.5 Å². The number of esters is 1. The first-order chi connectivity index (χ1) is 9.24. The van der Waals surface area contributed by atoms with Gasteiger partial charge in [-0.1, -0.05) is 11.3 Å². The van der Waals surface area contributed by atoms with Gasteiger partial charge in [-0.15, -0.1) is 0 Å². The minimum atomic E-state index is -3.50. The molecule has 8 nitrogen and oxygen atoms in total. The highest BCUT2D eigenvalue weighted by Crippen LogP contribution is 2.24. The molecule has 0 amide bonds. The summed E-state index contributed by atoms with van der Waals surface area (Å²) in [5.74, 6) is -1.14. The van der Waals surface area contributed by atoms with Crippen LogP contribution in [0.15, 0.2) is 0 Å². The fraction of sp³-hybridized carbons (Fsp3) is 0.500. The van der Waals surface area contributed by atoms with E-state index in [0.717, 1.165) is 11.3 Å². The maximum absolute atomic E-state index is 11.5. The lowest BCUT2D eigenvalue weighted by Crippen LogP contribution is -2.18. The number of hydrogen-bond donors (Lipinski definition) is 2. The zero-order valence-corrected chi connectivity index (χ0v) is 12.6. The molecule has 0 fully saturated rings.